The van der Waals surface area contributed by atoms with Gasteiger partial charge in [-0.25, -0.2) is 4.39 Å². The van der Waals surface area contributed by atoms with Crippen LogP contribution in [-0.4, -0.2) is 35.7 Å². The van der Waals surface area contributed by atoms with Gasteiger partial charge in [-0.3, -0.25) is 9.59 Å². The lowest BCUT2D eigenvalue weighted by Crippen LogP contribution is -2.53. The number of aliphatic carboxylic acids is 1. The maximum atomic E-state index is 14.7. The number of hydrogen-bond donors (Lipinski definition) is 2. The van der Waals surface area contributed by atoms with Crippen LogP contribution in [0.5, 0.6) is 0 Å². The summed E-state index contributed by atoms with van der Waals surface area (Å²) in [6.45, 7) is 4.73. The minimum Gasteiger partial charge on any atom is -0.481 e. The van der Waals surface area contributed by atoms with Crippen LogP contribution in [0.3, 0.4) is 0 Å². The van der Waals surface area contributed by atoms with Gasteiger partial charge in [0.1, 0.15) is 5.82 Å². The fourth-order valence-electron chi connectivity index (χ4n) is 3.51. The van der Waals surface area contributed by atoms with Crippen molar-refractivity contribution in [3.8, 4) is 11.1 Å². The number of nitrogens with one attached hydrogen (secondary N) is 1. The Balaban J connectivity index is 1.83. The van der Waals surface area contributed by atoms with E-state index in [1.807, 2.05) is 32.0 Å². The first-order valence-corrected chi connectivity index (χ1v) is 9.29. The molecule has 0 atom stereocenters. The van der Waals surface area contributed by atoms with E-state index in [4.69, 9.17) is 4.74 Å². The molecule has 1 heterocycles. The zero-order chi connectivity index (χ0) is 20.3. The first-order chi connectivity index (χ1) is 13.3. The van der Waals surface area contributed by atoms with Crippen LogP contribution in [0.2, 0.25) is 0 Å². The number of halogens is 1. The van der Waals surface area contributed by atoms with Gasteiger partial charge in [0.2, 0.25) is 0 Å². The molecule has 0 saturated carbocycles. The fourth-order valence-corrected chi connectivity index (χ4v) is 3.51. The topological polar surface area (TPSA) is 75.6 Å². The molecule has 28 heavy (non-hydrogen) atoms. The van der Waals surface area contributed by atoms with Crippen LogP contribution < -0.4 is 5.32 Å². The van der Waals surface area contributed by atoms with Gasteiger partial charge < -0.3 is 15.2 Å². The molecule has 0 radical (unpaired) electrons. The molecule has 5 nitrogen and oxygen atoms in total. The van der Waals surface area contributed by atoms with Crippen LogP contribution in [-0.2, 0) is 9.53 Å². The third kappa shape index (κ3) is 4.39. The molecule has 0 unspecified atom stereocenters. The van der Waals surface area contributed by atoms with E-state index in [2.05, 4.69) is 5.32 Å². The van der Waals surface area contributed by atoms with Crippen molar-refractivity contribution in [3.05, 3.63) is 58.9 Å². The second-order valence-electron chi connectivity index (χ2n) is 7.41. The molecule has 1 aliphatic rings. The second-order valence-corrected chi connectivity index (χ2v) is 7.41. The lowest BCUT2D eigenvalue weighted by atomic mass is 9.86. The highest BCUT2D eigenvalue weighted by atomic mass is 19.1. The molecule has 0 bridgehead atoms. The van der Waals surface area contributed by atoms with E-state index in [9.17, 15) is 19.1 Å². The quantitative estimate of drug-likeness (QED) is 0.819. The number of aryl methyl sites for hydroxylation is 2. The molecule has 2 aromatic rings. The van der Waals surface area contributed by atoms with Gasteiger partial charge in [-0.1, -0.05) is 24.3 Å². The summed E-state index contributed by atoms with van der Waals surface area (Å²) in [6, 6.07) is 10.4. The largest absolute Gasteiger partial charge is 0.481 e. The Hall–Kier alpha value is -2.73. The Morgan fingerprint density at radius 3 is 2.32 bits per heavy atom. The van der Waals surface area contributed by atoms with Gasteiger partial charge in [-0.05, 0) is 61.1 Å². The van der Waals surface area contributed by atoms with Crippen molar-refractivity contribution >= 4 is 11.9 Å². The van der Waals surface area contributed by atoms with E-state index in [0.717, 1.165) is 16.7 Å². The lowest BCUT2D eigenvalue weighted by Gasteiger charge is -2.36. The van der Waals surface area contributed by atoms with Crippen molar-refractivity contribution in [1.29, 1.82) is 0 Å². The van der Waals surface area contributed by atoms with Crippen molar-refractivity contribution < 1.29 is 23.8 Å². The molecule has 1 aliphatic heterocycles. The van der Waals surface area contributed by atoms with Crippen molar-refractivity contribution in [3.63, 3.8) is 0 Å². The Kier molecular flexibility index (Phi) is 5.79. The van der Waals surface area contributed by atoms with Crippen LogP contribution in [0, 0.1) is 19.7 Å². The van der Waals surface area contributed by atoms with E-state index in [-0.39, 0.29) is 12.0 Å². The number of carboxylic acid groups (broad SMARTS) is 1. The average Bonchev–Trinajstić information content (AvgIpc) is 2.63. The van der Waals surface area contributed by atoms with Crippen LogP contribution in [0.1, 0.15) is 40.7 Å². The number of amides is 1. The van der Waals surface area contributed by atoms with Crippen molar-refractivity contribution in [2.75, 3.05) is 13.2 Å². The minimum absolute atomic E-state index is 0.0937. The molecule has 0 aromatic heterocycles. The Bertz CT molecular complexity index is 903. The highest BCUT2D eigenvalue weighted by Gasteiger charge is 2.37. The zero-order valence-corrected chi connectivity index (χ0v) is 16.0. The second kappa shape index (κ2) is 8.10. The number of hydrogen-bond acceptors (Lipinski definition) is 3. The molecule has 1 saturated heterocycles. The summed E-state index contributed by atoms with van der Waals surface area (Å²) in [5.41, 5.74) is 2.81. The molecule has 1 fully saturated rings. The first kappa shape index (κ1) is 20.0. The number of benzene rings is 2. The summed E-state index contributed by atoms with van der Waals surface area (Å²) in [7, 11) is 0. The zero-order valence-electron chi connectivity index (χ0n) is 16.0. The maximum absolute atomic E-state index is 14.7. The molecular weight excluding hydrogens is 361 g/mol. The summed E-state index contributed by atoms with van der Waals surface area (Å²) >= 11 is 0. The summed E-state index contributed by atoms with van der Waals surface area (Å²) in [5.74, 6) is -2.24. The molecule has 1 amide bonds. The Morgan fingerprint density at radius 2 is 1.71 bits per heavy atom. The SMILES string of the molecule is Cc1ccc(-c2ccc(C(=O)NC3(CC(=O)O)CCOCC3)c(F)c2)cc1C. The normalized spacial score (nSPS) is 15.8. The Labute approximate surface area is 163 Å². The predicted octanol–water partition coefficient (Wildman–Crippen LogP) is 3.86. The molecule has 2 N–H and O–H groups in total. The summed E-state index contributed by atoms with van der Waals surface area (Å²) in [6.07, 6.45) is 0.547. The number of rotatable bonds is 5. The molecular formula is C22H24FNO4. The smallest absolute Gasteiger partial charge is 0.305 e. The van der Waals surface area contributed by atoms with Crippen molar-refractivity contribution in [2.45, 2.75) is 38.6 Å². The molecule has 6 heteroatoms. The van der Waals surface area contributed by atoms with Crippen LogP contribution in [0.25, 0.3) is 11.1 Å². The number of carbonyl (C=O) groups excluding carboxylic acids is 1. The van der Waals surface area contributed by atoms with Gasteiger partial charge in [0.05, 0.1) is 17.5 Å². The van der Waals surface area contributed by atoms with E-state index in [0.29, 0.717) is 31.6 Å². The maximum Gasteiger partial charge on any atom is 0.305 e. The Morgan fingerprint density at radius 1 is 1.07 bits per heavy atom. The van der Waals surface area contributed by atoms with Crippen molar-refractivity contribution in [2.24, 2.45) is 0 Å². The number of ether oxygens (including phenoxy) is 1. The molecule has 148 valence electrons. The van der Waals surface area contributed by atoms with E-state index >= 15 is 0 Å². The summed E-state index contributed by atoms with van der Waals surface area (Å²) in [5, 5.41) is 12.0. The lowest BCUT2D eigenvalue weighted by molar-refractivity contribution is -0.139. The predicted molar refractivity (Wildman–Crippen MR) is 104 cm³/mol. The molecule has 3 rings (SSSR count). The average molecular weight is 385 g/mol. The van der Waals surface area contributed by atoms with Gasteiger partial charge in [-0.15, -0.1) is 0 Å². The van der Waals surface area contributed by atoms with Gasteiger partial charge in [0, 0.05) is 13.2 Å². The van der Waals surface area contributed by atoms with Crippen LogP contribution >= 0.6 is 0 Å². The third-order valence-corrected chi connectivity index (χ3v) is 5.37. The van der Waals surface area contributed by atoms with Crippen LogP contribution in [0.4, 0.5) is 4.39 Å². The monoisotopic (exact) mass is 385 g/mol. The molecule has 0 aliphatic carbocycles. The highest BCUT2D eigenvalue weighted by molar-refractivity contribution is 5.95. The third-order valence-electron chi connectivity index (χ3n) is 5.37. The summed E-state index contributed by atoms with van der Waals surface area (Å²) < 4.78 is 20.0. The minimum atomic E-state index is -1.01. The molecule has 0 spiro atoms. The molecule has 2 aromatic carbocycles. The fraction of sp³-hybridized carbons (Fsp3) is 0.364. The van der Waals surface area contributed by atoms with E-state index in [1.165, 1.54) is 12.1 Å². The van der Waals surface area contributed by atoms with Crippen molar-refractivity contribution in [1.82, 2.24) is 5.32 Å². The van der Waals surface area contributed by atoms with Crippen LogP contribution in [0.15, 0.2) is 36.4 Å². The van der Waals surface area contributed by atoms with E-state index < -0.39 is 23.2 Å². The van der Waals surface area contributed by atoms with Gasteiger partial charge in [-0.2, -0.15) is 0 Å². The highest BCUT2D eigenvalue weighted by Crippen LogP contribution is 2.27. The summed E-state index contributed by atoms with van der Waals surface area (Å²) in [4.78, 5) is 23.9. The number of carbonyl (C=O) groups is 2. The number of carboxylic acids is 1. The van der Waals surface area contributed by atoms with Gasteiger partial charge >= 0.3 is 5.97 Å². The van der Waals surface area contributed by atoms with Gasteiger partial charge in [0.25, 0.3) is 5.91 Å². The van der Waals surface area contributed by atoms with Gasteiger partial charge in [0.15, 0.2) is 0 Å². The first-order valence-electron chi connectivity index (χ1n) is 9.29. The van der Waals surface area contributed by atoms with E-state index in [1.54, 1.807) is 6.07 Å². The standard InChI is InChI=1S/C22H24FNO4/c1-14-3-4-16(11-15(14)2)17-5-6-18(19(23)12-17)21(27)24-22(13-20(25)26)7-9-28-10-8-22/h3-6,11-12H,7-10,13H2,1-2H3,(H,24,27)(H,25,26).